The monoisotopic (exact) mass is 313 g/mol. The molecule has 22 heavy (non-hydrogen) atoms. The molecule has 8 heteroatoms. The van der Waals surface area contributed by atoms with Crippen molar-refractivity contribution in [3.8, 4) is 0 Å². The van der Waals surface area contributed by atoms with Gasteiger partial charge in [0.2, 0.25) is 5.91 Å². The highest BCUT2D eigenvalue weighted by Crippen LogP contribution is 2.30. The second kappa shape index (κ2) is 6.08. The maximum atomic E-state index is 14.4. The van der Waals surface area contributed by atoms with E-state index in [9.17, 15) is 23.2 Å². The summed E-state index contributed by atoms with van der Waals surface area (Å²) in [6.45, 7) is -0.103. The van der Waals surface area contributed by atoms with Gasteiger partial charge in [-0.25, -0.2) is 13.6 Å². The second-order valence-electron chi connectivity index (χ2n) is 4.68. The minimum atomic E-state index is -1.20. The molecule has 0 aliphatic carbocycles. The molecule has 1 aromatic carbocycles. The lowest BCUT2D eigenvalue weighted by Gasteiger charge is -2.18. The third kappa shape index (κ3) is 2.63. The molecule has 1 aliphatic rings. The van der Waals surface area contributed by atoms with Gasteiger partial charge >= 0.3 is 11.9 Å². The molecule has 0 N–H and O–H groups in total. The molecule has 118 valence electrons. The van der Waals surface area contributed by atoms with Crippen LogP contribution in [-0.4, -0.2) is 38.6 Å². The number of anilines is 1. The fraction of sp³-hybridized carbons (Fsp3) is 0.357. The number of hydrogen-bond acceptors (Lipinski definition) is 5. The van der Waals surface area contributed by atoms with Gasteiger partial charge < -0.3 is 14.4 Å². The van der Waals surface area contributed by atoms with E-state index in [-0.39, 0.29) is 18.7 Å². The lowest BCUT2D eigenvalue weighted by atomic mass is 10.1. The van der Waals surface area contributed by atoms with Crippen molar-refractivity contribution >= 4 is 23.5 Å². The van der Waals surface area contributed by atoms with E-state index in [1.165, 1.54) is 7.11 Å². The average Bonchev–Trinajstić information content (AvgIpc) is 2.88. The summed E-state index contributed by atoms with van der Waals surface area (Å²) in [5.74, 6) is -5.32. The molecule has 0 aromatic heterocycles. The Morgan fingerprint density at radius 1 is 1.23 bits per heavy atom. The number of benzene rings is 1. The van der Waals surface area contributed by atoms with E-state index in [1.54, 1.807) is 0 Å². The summed E-state index contributed by atoms with van der Waals surface area (Å²) in [7, 11) is 2.17. The number of methoxy groups -OCH3 is 2. The van der Waals surface area contributed by atoms with Crippen LogP contribution in [0, 0.1) is 17.6 Å². The molecule has 1 heterocycles. The van der Waals surface area contributed by atoms with Crippen molar-refractivity contribution < 1.29 is 32.6 Å². The van der Waals surface area contributed by atoms with Gasteiger partial charge in [0.25, 0.3) is 0 Å². The summed E-state index contributed by atoms with van der Waals surface area (Å²) in [6, 6.07) is 1.90. The molecular weight excluding hydrogens is 300 g/mol. The SMILES string of the molecule is COC(=O)c1c(F)ccc(N2CC(C(=O)OC)CC2=O)c1F. The van der Waals surface area contributed by atoms with Gasteiger partial charge in [-0.2, -0.15) is 0 Å². The molecule has 0 bridgehead atoms. The van der Waals surface area contributed by atoms with Gasteiger partial charge in [-0.1, -0.05) is 0 Å². The molecule has 6 nitrogen and oxygen atoms in total. The van der Waals surface area contributed by atoms with Crippen LogP contribution in [0.25, 0.3) is 0 Å². The highest BCUT2D eigenvalue weighted by Gasteiger charge is 2.38. The topological polar surface area (TPSA) is 72.9 Å². The predicted octanol–water partition coefficient (Wildman–Crippen LogP) is 1.28. The van der Waals surface area contributed by atoms with Crippen LogP contribution in [-0.2, 0) is 19.1 Å². The summed E-state index contributed by atoms with van der Waals surface area (Å²) < 4.78 is 36.8. The molecule has 1 atom stereocenters. The number of hydrogen-bond donors (Lipinski definition) is 0. The van der Waals surface area contributed by atoms with Gasteiger partial charge in [-0.3, -0.25) is 9.59 Å². The smallest absolute Gasteiger partial charge is 0.343 e. The van der Waals surface area contributed by atoms with Gasteiger partial charge in [0, 0.05) is 13.0 Å². The largest absolute Gasteiger partial charge is 0.469 e. The van der Waals surface area contributed by atoms with Crippen molar-refractivity contribution in [3.63, 3.8) is 0 Å². The van der Waals surface area contributed by atoms with E-state index in [4.69, 9.17) is 0 Å². The number of esters is 2. The Morgan fingerprint density at radius 2 is 1.91 bits per heavy atom. The Balaban J connectivity index is 2.40. The standard InChI is InChI=1S/C14H13F2NO5/c1-21-13(19)7-5-10(18)17(6-7)9-4-3-8(15)11(12(9)16)14(20)22-2/h3-4,7H,5-6H2,1-2H3. The lowest BCUT2D eigenvalue weighted by molar-refractivity contribution is -0.145. The van der Waals surface area contributed by atoms with E-state index < -0.39 is 41.0 Å². The first kappa shape index (κ1) is 15.9. The summed E-state index contributed by atoms with van der Waals surface area (Å²) in [5, 5.41) is 0. The molecule has 0 spiro atoms. The van der Waals surface area contributed by atoms with E-state index in [0.29, 0.717) is 0 Å². The second-order valence-corrected chi connectivity index (χ2v) is 4.68. The van der Waals surface area contributed by atoms with Gasteiger partial charge in [0.1, 0.15) is 11.4 Å². The predicted molar refractivity (Wildman–Crippen MR) is 70.2 cm³/mol. The number of carbonyl (C=O) groups is 3. The zero-order valence-electron chi connectivity index (χ0n) is 11.9. The number of amides is 1. The Labute approximate surface area is 124 Å². The Morgan fingerprint density at radius 3 is 2.50 bits per heavy atom. The zero-order valence-corrected chi connectivity index (χ0v) is 11.9. The van der Waals surface area contributed by atoms with Crippen LogP contribution in [0.15, 0.2) is 12.1 Å². The van der Waals surface area contributed by atoms with Gasteiger partial charge in [0.15, 0.2) is 5.82 Å². The van der Waals surface area contributed by atoms with E-state index in [2.05, 4.69) is 9.47 Å². The molecule has 1 aromatic rings. The Kier molecular flexibility index (Phi) is 4.39. The fourth-order valence-corrected chi connectivity index (χ4v) is 2.30. The normalized spacial score (nSPS) is 17.5. The van der Waals surface area contributed by atoms with E-state index in [0.717, 1.165) is 24.1 Å². The maximum absolute atomic E-state index is 14.4. The minimum Gasteiger partial charge on any atom is -0.469 e. The van der Waals surface area contributed by atoms with Crippen LogP contribution in [0.1, 0.15) is 16.8 Å². The van der Waals surface area contributed by atoms with Gasteiger partial charge in [-0.15, -0.1) is 0 Å². The molecule has 1 unspecified atom stereocenters. The third-order valence-electron chi connectivity index (χ3n) is 3.41. The number of nitrogens with zero attached hydrogens (tertiary/aromatic N) is 1. The molecule has 0 saturated carbocycles. The third-order valence-corrected chi connectivity index (χ3v) is 3.41. The lowest BCUT2D eigenvalue weighted by Crippen LogP contribution is -2.28. The summed E-state index contributed by atoms with van der Waals surface area (Å²) in [4.78, 5) is 35.8. The van der Waals surface area contributed by atoms with E-state index in [1.807, 2.05) is 0 Å². The van der Waals surface area contributed by atoms with Crippen molar-refractivity contribution in [3.05, 3.63) is 29.3 Å². The molecule has 1 aliphatic heterocycles. The quantitative estimate of drug-likeness (QED) is 0.786. The van der Waals surface area contributed by atoms with Crippen LogP contribution >= 0.6 is 0 Å². The molecule has 1 amide bonds. The summed E-state index contributed by atoms with van der Waals surface area (Å²) >= 11 is 0. The molecule has 1 saturated heterocycles. The van der Waals surface area contributed by atoms with Crippen molar-refractivity contribution in [2.75, 3.05) is 25.7 Å². The highest BCUT2D eigenvalue weighted by atomic mass is 19.1. The first-order valence-corrected chi connectivity index (χ1v) is 6.35. The number of rotatable bonds is 3. The number of ether oxygens (including phenoxy) is 2. The van der Waals surface area contributed by atoms with E-state index >= 15 is 0 Å². The van der Waals surface area contributed by atoms with Crippen molar-refractivity contribution in [1.82, 2.24) is 0 Å². The maximum Gasteiger partial charge on any atom is 0.343 e. The highest BCUT2D eigenvalue weighted by molar-refractivity contribution is 6.01. The summed E-state index contributed by atoms with van der Waals surface area (Å²) in [5.41, 5.74) is -1.16. The summed E-state index contributed by atoms with van der Waals surface area (Å²) in [6.07, 6.45) is -0.142. The number of halogens is 2. The minimum absolute atomic E-state index is 0.103. The van der Waals surface area contributed by atoms with Crippen molar-refractivity contribution in [2.24, 2.45) is 5.92 Å². The molecular formula is C14H13F2NO5. The number of carbonyl (C=O) groups excluding carboxylic acids is 3. The molecule has 0 radical (unpaired) electrons. The van der Waals surface area contributed by atoms with Gasteiger partial charge in [-0.05, 0) is 12.1 Å². The van der Waals surface area contributed by atoms with Crippen LogP contribution in [0.3, 0.4) is 0 Å². The molecule has 2 rings (SSSR count). The van der Waals surface area contributed by atoms with Gasteiger partial charge in [0.05, 0.1) is 25.8 Å². The Bertz CT molecular complexity index is 646. The fourth-order valence-electron chi connectivity index (χ4n) is 2.30. The zero-order chi connectivity index (χ0) is 16.4. The van der Waals surface area contributed by atoms with Crippen molar-refractivity contribution in [2.45, 2.75) is 6.42 Å². The first-order valence-electron chi connectivity index (χ1n) is 6.35. The average molecular weight is 313 g/mol. The first-order chi connectivity index (χ1) is 10.4. The molecule has 1 fully saturated rings. The Hall–Kier alpha value is -2.51. The van der Waals surface area contributed by atoms with Crippen molar-refractivity contribution in [1.29, 1.82) is 0 Å². The van der Waals surface area contributed by atoms with Crippen LogP contribution in [0.5, 0.6) is 0 Å². The van der Waals surface area contributed by atoms with Crippen LogP contribution in [0.2, 0.25) is 0 Å². The van der Waals surface area contributed by atoms with Crippen LogP contribution in [0.4, 0.5) is 14.5 Å². The van der Waals surface area contributed by atoms with Crippen LogP contribution < -0.4 is 4.90 Å².